The third kappa shape index (κ3) is 4.21. The molecule has 0 heterocycles. The van der Waals surface area contributed by atoms with Crippen molar-refractivity contribution in [2.75, 3.05) is 6.61 Å². The summed E-state index contributed by atoms with van der Waals surface area (Å²) in [7, 11) is 0. The van der Waals surface area contributed by atoms with E-state index in [1.54, 1.807) is 6.92 Å². The molecule has 0 spiro atoms. The van der Waals surface area contributed by atoms with E-state index in [2.05, 4.69) is 0 Å². The molecule has 0 aliphatic rings. The minimum absolute atomic E-state index is 0. The molecular weight excluding hydrogens is 226 g/mol. The van der Waals surface area contributed by atoms with Gasteiger partial charge in [-0.25, -0.2) is 0 Å². The van der Waals surface area contributed by atoms with E-state index in [1.165, 1.54) is 0 Å². The number of esters is 1. The van der Waals surface area contributed by atoms with Crippen LogP contribution in [0.3, 0.4) is 0 Å². The molecule has 0 fully saturated rings. The third-order valence-corrected chi connectivity index (χ3v) is 2.29. The molecule has 2 N–H and O–H groups in total. The second-order valence-corrected chi connectivity index (χ2v) is 3.49. The van der Waals surface area contributed by atoms with Crippen LogP contribution in [0.25, 0.3) is 0 Å². The van der Waals surface area contributed by atoms with Crippen molar-refractivity contribution < 1.29 is 9.53 Å². The molecule has 3 nitrogen and oxygen atoms in total. The van der Waals surface area contributed by atoms with Crippen molar-refractivity contribution in [3.63, 3.8) is 0 Å². The molecular formula is C12H18ClNO2. The maximum absolute atomic E-state index is 11.3. The molecule has 0 amide bonds. The summed E-state index contributed by atoms with van der Waals surface area (Å²) in [4.78, 5) is 11.3. The van der Waals surface area contributed by atoms with Crippen LogP contribution in [0.15, 0.2) is 24.3 Å². The molecule has 0 aromatic heterocycles. The SMILES string of the molecule is CCOC(=O)C(N)Cc1ccccc1C.Cl. The van der Waals surface area contributed by atoms with Crippen molar-refractivity contribution in [2.45, 2.75) is 26.3 Å². The molecule has 0 saturated heterocycles. The van der Waals surface area contributed by atoms with Crippen LogP contribution < -0.4 is 5.73 Å². The monoisotopic (exact) mass is 243 g/mol. The van der Waals surface area contributed by atoms with Crippen molar-refractivity contribution >= 4 is 18.4 Å². The number of carbonyl (C=O) groups is 1. The normalized spacial score (nSPS) is 11.4. The van der Waals surface area contributed by atoms with Crippen LogP contribution in [0.2, 0.25) is 0 Å². The van der Waals surface area contributed by atoms with Crippen LogP contribution in [-0.2, 0) is 16.0 Å². The zero-order chi connectivity index (χ0) is 11.3. The number of aryl methyl sites for hydroxylation is 1. The first-order chi connectivity index (χ1) is 7.15. The number of ether oxygens (including phenoxy) is 1. The van der Waals surface area contributed by atoms with Crippen LogP contribution in [0.1, 0.15) is 18.1 Å². The van der Waals surface area contributed by atoms with Gasteiger partial charge in [-0.15, -0.1) is 12.4 Å². The fourth-order valence-electron chi connectivity index (χ4n) is 1.41. The average molecular weight is 244 g/mol. The van der Waals surface area contributed by atoms with Crippen LogP contribution in [0.5, 0.6) is 0 Å². The van der Waals surface area contributed by atoms with Crippen molar-refractivity contribution in [1.29, 1.82) is 0 Å². The summed E-state index contributed by atoms with van der Waals surface area (Å²) in [5.74, 6) is -0.333. The minimum Gasteiger partial charge on any atom is -0.465 e. The Balaban J connectivity index is 0.00000225. The van der Waals surface area contributed by atoms with Gasteiger partial charge in [-0.3, -0.25) is 4.79 Å². The first kappa shape index (κ1) is 14.9. The highest BCUT2D eigenvalue weighted by Crippen LogP contribution is 2.09. The van der Waals surface area contributed by atoms with Gasteiger partial charge in [0.2, 0.25) is 0 Å². The predicted octanol–water partition coefficient (Wildman–Crippen LogP) is 1.85. The lowest BCUT2D eigenvalue weighted by atomic mass is 10.0. The Kier molecular flexibility index (Phi) is 6.77. The van der Waals surface area contributed by atoms with Gasteiger partial charge in [0.1, 0.15) is 6.04 Å². The zero-order valence-electron chi connectivity index (χ0n) is 9.60. The lowest BCUT2D eigenvalue weighted by Crippen LogP contribution is -2.34. The molecule has 90 valence electrons. The number of rotatable bonds is 4. The van der Waals surface area contributed by atoms with Crippen LogP contribution in [-0.4, -0.2) is 18.6 Å². The molecule has 1 atom stereocenters. The summed E-state index contributed by atoms with van der Waals surface area (Å²) in [6.07, 6.45) is 0.533. The number of nitrogens with two attached hydrogens (primary N) is 1. The van der Waals surface area contributed by atoms with Crippen molar-refractivity contribution in [3.8, 4) is 0 Å². The average Bonchev–Trinajstić information content (AvgIpc) is 2.21. The maximum atomic E-state index is 11.3. The van der Waals surface area contributed by atoms with E-state index in [0.717, 1.165) is 11.1 Å². The number of carbonyl (C=O) groups excluding carboxylic acids is 1. The van der Waals surface area contributed by atoms with Crippen molar-refractivity contribution in [2.24, 2.45) is 5.73 Å². The van der Waals surface area contributed by atoms with Gasteiger partial charge in [0.15, 0.2) is 0 Å². The topological polar surface area (TPSA) is 52.3 Å². The van der Waals surface area contributed by atoms with Gasteiger partial charge in [-0.2, -0.15) is 0 Å². The quantitative estimate of drug-likeness (QED) is 0.822. The second-order valence-electron chi connectivity index (χ2n) is 3.49. The molecule has 0 aliphatic heterocycles. The van der Waals surface area contributed by atoms with Gasteiger partial charge in [0.05, 0.1) is 6.61 Å². The fourth-order valence-corrected chi connectivity index (χ4v) is 1.41. The Bertz CT molecular complexity index is 342. The highest BCUT2D eigenvalue weighted by molar-refractivity contribution is 5.85. The van der Waals surface area contributed by atoms with Gasteiger partial charge in [-0.05, 0) is 31.4 Å². The molecule has 4 heteroatoms. The lowest BCUT2D eigenvalue weighted by Gasteiger charge is -2.11. The minimum atomic E-state index is -0.564. The first-order valence-corrected chi connectivity index (χ1v) is 5.12. The number of halogens is 1. The van der Waals surface area contributed by atoms with Gasteiger partial charge in [0.25, 0.3) is 0 Å². The Morgan fingerprint density at radius 2 is 2.06 bits per heavy atom. The first-order valence-electron chi connectivity index (χ1n) is 5.12. The Labute approximate surface area is 102 Å². The zero-order valence-corrected chi connectivity index (χ0v) is 10.4. The van der Waals surface area contributed by atoms with E-state index in [4.69, 9.17) is 10.5 Å². The third-order valence-electron chi connectivity index (χ3n) is 2.29. The van der Waals surface area contributed by atoms with Gasteiger partial charge < -0.3 is 10.5 Å². The summed E-state index contributed by atoms with van der Waals surface area (Å²) in [5.41, 5.74) is 7.98. The van der Waals surface area contributed by atoms with Crippen LogP contribution in [0, 0.1) is 6.92 Å². The summed E-state index contributed by atoms with van der Waals surface area (Å²) in [5, 5.41) is 0. The summed E-state index contributed by atoms with van der Waals surface area (Å²) in [6.45, 7) is 4.16. The number of benzene rings is 1. The summed E-state index contributed by atoms with van der Waals surface area (Å²) < 4.78 is 4.85. The molecule has 0 aliphatic carbocycles. The van der Waals surface area contributed by atoms with E-state index < -0.39 is 6.04 Å². The van der Waals surface area contributed by atoms with Crippen LogP contribution in [0.4, 0.5) is 0 Å². The molecule has 0 saturated carbocycles. The summed E-state index contributed by atoms with van der Waals surface area (Å²) in [6, 6.07) is 7.34. The molecule has 0 bridgehead atoms. The smallest absolute Gasteiger partial charge is 0.323 e. The Hall–Kier alpha value is -1.06. The molecule has 1 rings (SSSR count). The van der Waals surface area contributed by atoms with E-state index in [0.29, 0.717) is 13.0 Å². The largest absolute Gasteiger partial charge is 0.465 e. The highest BCUT2D eigenvalue weighted by Gasteiger charge is 2.15. The van der Waals surface area contributed by atoms with Crippen molar-refractivity contribution in [1.82, 2.24) is 0 Å². The Morgan fingerprint density at radius 1 is 1.44 bits per heavy atom. The lowest BCUT2D eigenvalue weighted by molar-refractivity contribution is -0.144. The van der Waals surface area contributed by atoms with Gasteiger partial charge in [0, 0.05) is 0 Å². The van der Waals surface area contributed by atoms with E-state index >= 15 is 0 Å². The molecule has 1 aromatic rings. The molecule has 16 heavy (non-hydrogen) atoms. The van der Waals surface area contributed by atoms with E-state index in [1.807, 2.05) is 31.2 Å². The van der Waals surface area contributed by atoms with Crippen molar-refractivity contribution in [3.05, 3.63) is 35.4 Å². The summed E-state index contributed by atoms with van der Waals surface area (Å²) >= 11 is 0. The van der Waals surface area contributed by atoms with Gasteiger partial charge >= 0.3 is 5.97 Å². The van der Waals surface area contributed by atoms with Crippen LogP contribution >= 0.6 is 12.4 Å². The molecule has 1 unspecified atom stereocenters. The second kappa shape index (κ2) is 7.25. The predicted molar refractivity (Wildman–Crippen MR) is 66.7 cm³/mol. The van der Waals surface area contributed by atoms with Gasteiger partial charge in [-0.1, -0.05) is 24.3 Å². The van der Waals surface area contributed by atoms with E-state index in [-0.39, 0.29) is 18.4 Å². The fraction of sp³-hybridized carbons (Fsp3) is 0.417. The number of hydrogen-bond acceptors (Lipinski definition) is 3. The number of hydrogen-bond donors (Lipinski definition) is 1. The highest BCUT2D eigenvalue weighted by atomic mass is 35.5. The maximum Gasteiger partial charge on any atom is 0.323 e. The molecule has 1 aromatic carbocycles. The van der Waals surface area contributed by atoms with E-state index in [9.17, 15) is 4.79 Å². The molecule has 0 radical (unpaired) electrons. The standard InChI is InChI=1S/C12H17NO2.ClH/c1-3-15-12(14)11(13)8-10-7-5-4-6-9(10)2;/h4-7,11H,3,8,13H2,1-2H3;1H. The Morgan fingerprint density at radius 3 is 2.62 bits per heavy atom.